The normalized spacial score (nSPS) is 15.0. The maximum Gasteiger partial charge on any atom is 0.416 e. The maximum absolute atomic E-state index is 13.6. The van der Waals surface area contributed by atoms with E-state index in [9.17, 15) is 22.8 Å². The van der Waals surface area contributed by atoms with E-state index < -0.39 is 23.6 Å². The summed E-state index contributed by atoms with van der Waals surface area (Å²) >= 11 is 1.17. The number of carbonyl (C=O) groups is 2. The van der Waals surface area contributed by atoms with Crippen molar-refractivity contribution in [2.75, 3.05) is 4.90 Å². The van der Waals surface area contributed by atoms with Gasteiger partial charge in [0.05, 0.1) is 28.7 Å². The van der Waals surface area contributed by atoms with Gasteiger partial charge in [-0.2, -0.15) is 13.2 Å². The number of amides is 2. The summed E-state index contributed by atoms with van der Waals surface area (Å²) in [5.41, 5.74) is 2.11. The van der Waals surface area contributed by atoms with Crippen LogP contribution in [0.3, 0.4) is 0 Å². The molecule has 0 bridgehead atoms. The number of carbonyl (C=O) groups excluding carboxylic acids is 2. The standard InChI is InChI=1S/C32H25F3N2O2S/c33-32(34,35)25-15-9-12-23(18-25)21-37-27-16-7-8-17-28(27)40-29(31(37)39)20-30(38)36-26(24-13-5-2-6-14-24)19-22-10-3-1-4-11-22/h1-18,20,26H,19,21H2,(H,36,38)/b29-20+/t26-/m1/s1. The van der Waals surface area contributed by atoms with E-state index in [-0.39, 0.29) is 17.5 Å². The van der Waals surface area contributed by atoms with Crippen LogP contribution >= 0.6 is 11.8 Å². The Morgan fingerprint density at radius 1 is 0.850 bits per heavy atom. The first-order valence-corrected chi connectivity index (χ1v) is 13.5. The molecular weight excluding hydrogens is 533 g/mol. The average molecular weight is 559 g/mol. The van der Waals surface area contributed by atoms with E-state index in [4.69, 9.17) is 0 Å². The summed E-state index contributed by atoms with van der Waals surface area (Å²) in [5.74, 6) is -0.880. The number of halogens is 3. The number of benzene rings is 4. The lowest BCUT2D eigenvalue weighted by molar-refractivity contribution is -0.137. The minimum Gasteiger partial charge on any atom is -0.345 e. The summed E-state index contributed by atoms with van der Waals surface area (Å²) in [6.07, 6.45) is -2.65. The molecule has 2 amide bonds. The zero-order valence-electron chi connectivity index (χ0n) is 21.3. The van der Waals surface area contributed by atoms with Gasteiger partial charge in [0.1, 0.15) is 0 Å². The highest BCUT2D eigenvalue weighted by atomic mass is 32.2. The van der Waals surface area contributed by atoms with Crippen LogP contribution in [-0.4, -0.2) is 11.8 Å². The Labute approximate surface area is 234 Å². The van der Waals surface area contributed by atoms with Crippen molar-refractivity contribution in [3.63, 3.8) is 0 Å². The Kier molecular flexibility index (Phi) is 8.07. The predicted octanol–water partition coefficient (Wildman–Crippen LogP) is 7.33. The van der Waals surface area contributed by atoms with Crippen LogP contribution in [0, 0.1) is 0 Å². The lowest BCUT2D eigenvalue weighted by Gasteiger charge is -2.30. The molecule has 1 atom stereocenters. The molecule has 4 nitrogen and oxygen atoms in total. The molecule has 1 aliphatic heterocycles. The molecule has 0 aliphatic carbocycles. The quantitative estimate of drug-likeness (QED) is 0.242. The third kappa shape index (κ3) is 6.46. The predicted molar refractivity (Wildman–Crippen MR) is 150 cm³/mol. The molecular formula is C32H25F3N2O2S. The van der Waals surface area contributed by atoms with Crippen LogP contribution < -0.4 is 10.2 Å². The molecule has 8 heteroatoms. The molecule has 1 aliphatic rings. The first-order chi connectivity index (χ1) is 19.3. The van der Waals surface area contributed by atoms with Gasteiger partial charge < -0.3 is 10.2 Å². The second-order valence-corrected chi connectivity index (χ2v) is 10.4. The Morgan fingerprint density at radius 3 is 2.23 bits per heavy atom. The van der Waals surface area contributed by atoms with Crippen LogP contribution in [0.4, 0.5) is 18.9 Å². The van der Waals surface area contributed by atoms with Gasteiger partial charge in [0.2, 0.25) is 5.91 Å². The van der Waals surface area contributed by atoms with Crippen molar-refractivity contribution in [1.82, 2.24) is 5.32 Å². The fourth-order valence-corrected chi connectivity index (χ4v) is 5.60. The molecule has 1 N–H and O–H groups in total. The largest absolute Gasteiger partial charge is 0.416 e. The number of hydrogen-bond acceptors (Lipinski definition) is 3. The molecule has 0 aromatic heterocycles. The van der Waals surface area contributed by atoms with Crippen molar-refractivity contribution in [2.45, 2.75) is 30.1 Å². The van der Waals surface area contributed by atoms with Crippen LogP contribution in [0.5, 0.6) is 0 Å². The van der Waals surface area contributed by atoms with Crippen LogP contribution in [0.25, 0.3) is 0 Å². The van der Waals surface area contributed by atoms with Gasteiger partial charge >= 0.3 is 6.18 Å². The second-order valence-electron chi connectivity index (χ2n) is 9.33. The van der Waals surface area contributed by atoms with Crippen LogP contribution in [0.1, 0.15) is 28.3 Å². The molecule has 4 aromatic carbocycles. The second kappa shape index (κ2) is 11.8. The number of hydrogen-bond donors (Lipinski definition) is 1. The number of anilines is 1. The zero-order valence-corrected chi connectivity index (χ0v) is 22.1. The molecule has 40 heavy (non-hydrogen) atoms. The molecule has 0 saturated carbocycles. The van der Waals surface area contributed by atoms with E-state index >= 15 is 0 Å². The number of para-hydroxylation sites is 1. The van der Waals surface area contributed by atoms with E-state index in [1.807, 2.05) is 72.8 Å². The van der Waals surface area contributed by atoms with Crippen LogP contribution in [0.2, 0.25) is 0 Å². The Hall–Kier alpha value is -4.30. The Morgan fingerprint density at radius 2 is 1.50 bits per heavy atom. The van der Waals surface area contributed by atoms with Gasteiger partial charge in [0, 0.05) is 11.0 Å². The van der Waals surface area contributed by atoms with E-state index in [1.54, 1.807) is 18.2 Å². The molecule has 1 heterocycles. The van der Waals surface area contributed by atoms with Crippen molar-refractivity contribution in [2.24, 2.45) is 0 Å². The highest BCUT2D eigenvalue weighted by Crippen LogP contribution is 2.42. The number of nitrogens with zero attached hydrogens (tertiary/aromatic N) is 1. The Bertz CT molecular complexity index is 1540. The van der Waals surface area contributed by atoms with E-state index in [2.05, 4.69) is 5.32 Å². The highest BCUT2D eigenvalue weighted by molar-refractivity contribution is 8.04. The maximum atomic E-state index is 13.6. The molecule has 0 fully saturated rings. The summed E-state index contributed by atoms with van der Waals surface area (Å²) in [5, 5.41) is 3.04. The van der Waals surface area contributed by atoms with Crippen molar-refractivity contribution < 1.29 is 22.8 Å². The third-order valence-corrected chi connectivity index (χ3v) is 7.57. The molecule has 4 aromatic rings. The molecule has 5 rings (SSSR count). The van der Waals surface area contributed by atoms with E-state index in [0.717, 1.165) is 28.2 Å². The fourth-order valence-electron chi connectivity index (χ4n) is 4.57. The number of nitrogens with one attached hydrogen (secondary N) is 1. The van der Waals surface area contributed by atoms with E-state index in [1.165, 1.54) is 28.8 Å². The minimum absolute atomic E-state index is 0.0695. The first-order valence-electron chi connectivity index (χ1n) is 12.6. The molecule has 0 spiro atoms. The minimum atomic E-state index is -4.49. The SMILES string of the molecule is O=C(/C=C1/Sc2ccccc2N(Cc2cccc(C(F)(F)F)c2)C1=O)N[C@H](Cc1ccccc1)c1ccccc1. The van der Waals surface area contributed by atoms with Gasteiger partial charge in [-0.25, -0.2) is 0 Å². The van der Waals surface area contributed by atoms with E-state index in [0.29, 0.717) is 17.7 Å². The van der Waals surface area contributed by atoms with Gasteiger partial charge in [-0.15, -0.1) is 0 Å². The number of rotatable bonds is 7. The summed E-state index contributed by atoms with van der Waals surface area (Å²) in [6, 6.07) is 31.1. The molecule has 0 radical (unpaired) electrons. The topological polar surface area (TPSA) is 49.4 Å². The van der Waals surface area contributed by atoms with Gasteiger partial charge in [0.15, 0.2) is 0 Å². The summed E-state index contributed by atoms with van der Waals surface area (Å²) in [4.78, 5) is 29.2. The van der Waals surface area contributed by atoms with Crippen molar-refractivity contribution in [3.05, 3.63) is 142 Å². The highest BCUT2D eigenvalue weighted by Gasteiger charge is 2.32. The van der Waals surface area contributed by atoms with Gasteiger partial charge in [0.25, 0.3) is 5.91 Å². The summed E-state index contributed by atoms with van der Waals surface area (Å²) < 4.78 is 39.9. The van der Waals surface area contributed by atoms with Crippen LogP contribution in [-0.2, 0) is 28.7 Å². The Balaban J connectivity index is 1.41. The van der Waals surface area contributed by atoms with Gasteiger partial charge in [-0.05, 0) is 47.4 Å². The molecule has 0 saturated heterocycles. The van der Waals surface area contributed by atoms with Crippen molar-refractivity contribution in [3.8, 4) is 0 Å². The van der Waals surface area contributed by atoms with Crippen LogP contribution in [0.15, 0.2) is 125 Å². The number of thioether (sulfide) groups is 1. The molecule has 0 unspecified atom stereocenters. The lowest BCUT2D eigenvalue weighted by Crippen LogP contribution is -2.35. The first kappa shape index (κ1) is 27.3. The zero-order chi connectivity index (χ0) is 28.1. The summed E-state index contributed by atoms with van der Waals surface area (Å²) in [6.45, 7) is -0.0695. The summed E-state index contributed by atoms with van der Waals surface area (Å²) in [7, 11) is 0. The monoisotopic (exact) mass is 558 g/mol. The number of alkyl halides is 3. The van der Waals surface area contributed by atoms with Gasteiger partial charge in [-0.1, -0.05) is 96.7 Å². The smallest absolute Gasteiger partial charge is 0.345 e. The van der Waals surface area contributed by atoms with Crippen molar-refractivity contribution >= 4 is 29.3 Å². The third-order valence-electron chi connectivity index (χ3n) is 6.49. The lowest BCUT2D eigenvalue weighted by atomic mass is 9.99. The fraction of sp³-hybridized carbons (Fsp3) is 0.125. The number of fused-ring (bicyclic) bond motifs is 1. The average Bonchev–Trinajstić information content (AvgIpc) is 2.95. The van der Waals surface area contributed by atoms with Gasteiger partial charge in [-0.3, -0.25) is 9.59 Å². The molecule has 202 valence electrons. The van der Waals surface area contributed by atoms with Crippen molar-refractivity contribution in [1.29, 1.82) is 0 Å².